The predicted molar refractivity (Wildman–Crippen MR) is 247 cm³/mol. The number of unbranched alkanes of at least 4 members (excludes halogenated alkanes) is 10. The maximum Gasteiger partial charge on any atom is 0.408 e. The minimum absolute atomic E-state index is 0.00409. The lowest BCUT2D eigenvalue weighted by Crippen LogP contribution is -2.41. The van der Waals surface area contributed by atoms with Crippen LogP contribution in [0.1, 0.15) is 144 Å². The molecule has 2 aliphatic rings. The van der Waals surface area contributed by atoms with Crippen molar-refractivity contribution in [3.63, 3.8) is 0 Å². The van der Waals surface area contributed by atoms with Crippen LogP contribution in [0.4, 0.5) is 4.79 Å². The van der Waals surface area contributed by atoms with Crippen LogP contribution in [-0.2, 0) is 43.6 Å². The molecule has 0 saturated carbocycles. The molecule has 2 saturated heterocycles. The minimum atomic E-state index is -0.985. The summed E-state index contributed by atoms with van der Waals surface area (Å²) in [5, 5.41) is 12.3. The number of amides is 3. The molecule has 10 heteroatoms. The van der Waals surface area contributed by atoms with E-state index >= 15 is 0 Å². The summed E-state index contributed by atoms with van der Waals surface area (Å²) in [5.74, 6) is -0.807. The highest BCUT2D eigenvalue weighted by molar-refractivity contribution is 6.06. The standard InChI is InChI=1S/C53H69N3O7/c1-3-5-7-9-11-18-32-55(33-19-12-10-8-6-4-2)37-46-34-49(43-26-24-40(38-57)25-27-43)63-52(62-46)44-30-28-42(29-31-44)47-23-17-16-22-45(47)36-56-50(58)35-48(51(56)59)54-53(60)61-39-41-20-14-13-15-21-41/h13-17,20-31,46,48-49,52,57H,3-12,18-19,32-39H2,1-2H3,(H,54,60)/t46-,48?,49+,52+/m0/s1. The number of likely N-dealkylation sites (tertiary alicyclic amines) is 1. The molecule has 63 heavy (non-hydrogen) atoms. The fourth-order valence-electron chi connectivity index (χ4n) is 8.65. The fourth-order valence-corrected chi connectivity index (χ4v) is 8.65. The first kappa shape index (κ1) is 47.6. The van der Waals surface area contributed by atoms with Crippen LogP contribution in [0.15, 0.2) is 103 Å². The van der Waals surface area contributed by atoms with Gasteiger partial charge in [-0.15, -0.1) is 0 Å². The molecule has 4 aromatic rings. The zero-order chi connectivity index (χ0) is 44.2. The van der Waals surface area contributed by atoms with Gasteiger partial charge in [0.25, 0.3) is 5.91 Å². The summed E-state index contributed by atoms with van der Waals surface area (Å²) in [7, 11) is 0. The Kier molecular flexibility index (Phi) is 19.2. The van der Waals surface area contributed by atoms with Crippen molar-refractivity contribution in [2.75, 3.05) is 19.6 Å². The summed E-state index contributed by atoms with van der Waals surface area (Å²) in [6.45, 7) is 7.66. The van der Waals surface area contributed by atoms with Gasteiger partial charge in [-0.25, -0.2) is 4.79 Å². The molecule has 4 atom stereocenters. The first-order chi connectivity index (χ1) is 30.8. The van der Waals surface area contributed by atoms with Crippen molar-refractivity contribution in [1.82, 2.24) is 15.1 Å². The van der Waals surface area contributed by atoms with Gasteiger partial charge in [-0.05, 0) is 59.3 Å². The summed E-state index contributed by atoms with van der Waals surface area (Å²) in [6.07, 6.45) is 14.3. The number of nitrogens with zero attached hydrogens (tertiary/aromatic N) is 2. The van der Waals surface area contributed by atoms with Crippen molar-refractivity contribution in [3.05, 3.63) is 131 Å². The number of alkyl carbamates (subject to hydrolysis) is 1. The van der Waals surface area contributed by atoms with Gasteiger partial charge in [0.1, 0.15) is 12.6 Å². The maximum atomic E-state index is 13.4. The normalized spacial score (nSPS) is 18.9. The van der Waals surface area contributed by atoms with Gasteiger partial charge in [0.05, 0.1) is 31.8 Å². The fraction of sp³-hybridized carbons (Fsp3) is 0.491. The van der Waals surface area contributed by atoms with E-state index in [0.29, 0.717) is 0 Å². The molecule has 0 bridgehead atoms. The lowest BCUT2D eigenvalue weighted by Gasteiger charge is -2.38. The van der Waals surface area contributed by atoms with E-state index in [2.05, 4.69) is 36.2 Å². The smallest absolute Gasteiger partial charge is 0.408 e. The van der Waals surface area contributed by atoms with Crippen LogP contribution in [0.25, 0.3) is 11.1 Å². The van der Waals surface area contributed by atoms with Crippen LogP contribution in [0.3, 0.4) is 0 Å². The van der Waals surface area contributed by atoms with Crippen LogP contribution in [0, 0.1) is 0 Å². The SMILES string of the molecule is CCCCCCCCN(CCCCCCCC)C[C@@H]1C[C@H](c2ccc(CO)cc2)O[C@H](c2ccc(-c3ccccc3CN3C(=O)CC(NC(=O)OCc4ccccc4)C3=O)cc2)O1. The first-order valence-corrected chi connectivity index (χ1v) is 23.6. The second-order valence-corrected chi connectivity index (χ2v) is 17.2. The summed E-state index contributed by atoms with van der Waals surface area (Å²) < 4.78 is 18.9. The number of aliphatic hydroxyl groups excluding tert-OH is 1. The Morgan fingerprint density at radius 2 is 1.35 bits per heavy atom. The third-order valence-electron chi connectivity index (χ3n) is 12.3. The molecule has 10 nitrogen and oxygen atoms in total. The highest BCUT2D eigenvalue weighted by atomic mass is 16.7. The Morgan fingerprint density at radius 3 is 2.02 bits per heavy atom. The van der Waals surface area contributed by atoms with Crippen LogP contribution in [0.2, 0.25) is 0 Å². The van der Waals surface area contributed by atoms with Gasteiger partial charge in [-0.1, -0.05) is 181 Å². The van der Waals surface area contributed by atoms with Gasteiger partial charge >= 0.3 is 6.09 Å². The summed E-state index contributed by atoms with van der Waals surface area (Å²) >= 11 is 0. The minimum Gasteiger partial charge on any atom is -0.445 e. The molecule has 0 aliphatic carbocycles. The third-order valence-corrected chi connectivity index (χ3v) is 12.3. The van der Waals surface area contributed by atoms with Crippen LogP contribution >= 0.6 is 0 Å². The molecule has 2 heterocycles. The number of carbonyl (C=O) groups excluding carboxylic acids is 3. The van der Waals surface area contributed by atoms with E-state index in [1.807, 2.05) is 91.0 Å². The Labute approximate surface area is 375 Å². The van der Waals surface area contributed by atoms with E-state index in [1.165, 1.54) is 81.9 Å². The Bertz CT molecular complexity index is 1970. The first-order valence-electron chi connectivity index (χ1n) is 23.6. The van der Waals surface area contributed by atoms with E-state index in [0.717, 1.165) is 65.0 Å². The van der Waals surface area contributed by atoms with E-state index in [1.54, 1.807) is 0 Å². The molecule has 3 amide bonds. The largest absolute Gasteiger partial charge is 0.445 e. The number of hydrogen-bond acceptors (Lipinski definition) is 8. The topological polar surface area (TPSA) is 118 Å². The summed E-state index contributed by atoms with van der Waals surface area (Å²) in [4.78, 5) is 43.0. The molecular weight excluding hydrogens is 791 g/mol. The molecule has 4 aromatic carbocycles. The molecular formula is C53H69N3O7. The quantitative estimate of drug-likeness (QED) is 0.0500. The molecule has 0 radical (unpaired) electrons. The molecule has 0 spiro atoms. The maximum absolute atomic E-state index is 13.4. The highest BCUT2D eigenvalue weighted by Gasteiger charge is 2.40. The van der Waals surface area contributed by atoms with E-state index in [4.69, 9.17) is 14.2 Å². The zero-order valence-corrected chi connectivity index (χ0v) is 37.6. The summed E-state index contributed by atoms with van der Waals surface area (Å²) in [5.41, 5.74) is 6.31. The average molecular weight is 860 g/mol. The second kappa shape index (κ2) is 25.4. The van der Waals surface area contributed by atoms with Crippen molar-refractivity contribution < 1.29 is 33.7 Å². The van der Waals surface area contributed by atoms with E-state index in [-0.39, 0.29) is 44.3 Å². The van der Waals surface area contributed by atoms with E-state index in [9.17, 15) is 19.5 Å². The lowest BCUT2D eigenvalue weighted by molar-refractivity contribution is -0.253. The number of hydrogen-bond donors (Lipinski definition) is 2. The number of carbonyl (C=O) groups is 3. The predicted octanol–water partition coefficient (Wildman–Crippen LogP) is 11.0. The highest BCUT2D eigenvalue weighted by Crippen LogP contribution is 2.39. The molecule has 6 rings (SSSR count). The van der Waals surface area contributed by atoms with Gasteiger partial charge in [-0.3, -0.25) is 14.5 Å². The number of imide groups is 1. The van der Waals surface area contributed by atoms with E-state index < -0.39 is 24.3 Å². The van der Waals surface area contributed by atoms with Crippen LogP contribution < -0.4 is 5.32 Å². The van der Waals surface area contributed by atoms with Gasteiger partial charge in [0, 0.05) is 18.5 Å². The molecule has 338 valence electrons. The molecule has 2 N–H and O–H groups in total. The average Bonchev–Trinajstić information content (AvgIpc) is 3.57. The Morgan fingerprint density at radius 1 is 0.730 bits per heavy atom. The third kappa shape index (κ3) is 14.6. The molecule has 0 aromatic heterocycles. The van der Waals surface area contributed by atoms with Crippen LogP contribution in [0.5, 0.6) is 0 Å². The van der Waals surface area contributed by atoms with Crippen molar-refractivity contribution >= 4 is 17.9 Å². The van der Waals surface area contributed by atoms with Crippen molar-refractivity contribution in [2.45, 2.75) is 148 Å². The number of rotatable bonds is 25. The number of aliphatic hydroxyl groups is 1. The number of ether oxygens (including phenoxy) is 3. The van der Waals surface area contributed by atoms with Crippen molar-refractivity contribution in [2.24, 2.45) is 0 Å². The lowest BCUT2D eigenvalue weighted by atomic mass is 9.97. The van der Waals surface area contributed by atoms with Crippen LogP contribution in [-0.4, -0.2) is 64.6 Å². The second-order valence-electron chi connectivity index (χ2n) is 17.2. The van der Waals surface area contributed by atoms with Gasteiger partial charge in [-0.2, -0.15) is 0 Å². The summed E-state index contributed by atoms with van der Waals surface area (Å²) in [6, 6.07) is 32.3. The van der Waals surface area contributed by atoms with Gasteiger partial charge < -0.3 is 29.5 Å². The van der Waals surface area contributed by atoms with Gasteiger partial charge in [0.15, 0.2) is 6.29 Å². The van der Waals surface area contributed by atoms with Crippen molar-refractivity contribution in [3.8, 4) is 11.1 Å². The number of benzene rings is 4. The zero-order valence-electron chi connectivity index (χ0n) is 37.6. The molecule has 2 aliphatic heterocycles. The molecule has 1 unspecified atom stereocenters. The number of nitrogens with one attached hydrogen (secondary N) is 1. The Hall–Kier alpha value is -4.87. The monoisotopic (exact) mass is 860 g/mol. The van der Waals surface area contributed by atoms with Crippen molar-refractivity contribution in [1.29, 1.82) is 0 Å². The van der Waals surface area contributed by atoms with Gasteiger partial charge in [0.2, 0.25) is 5.91 Å². The Balaban J connectivity index is 1.13. The molecule has 2 fully saturated rings.